The predicted molar refractivity (Wildman–Crippen MR) is 127 cm³/mol. The molecule has 0 aliphatic heterocycles. The Balaban J connectivity index is 1.82. The van der Waals surface area contributed by atoms with E-state index in [9.17, 15) is 10.1 Å². The predicted octanol–water partition coefficient (Wildman–Crippen LogP) is 5.51. The van der Waals surface area contributed by atoms with Crippen LogP contribution in [0.3, 0.4) is 0 Å². The van der Waals surface area contributed by atoms with Crippen molar-refractivity contribution >= 4 is 33.6 Å². The van der Waals surface area contributed by atoms with E-state index in [2.05, 4.69) is 38.0 Å². The van der Waals surface area contributed by atoms with Gasteiger partial charge in [0.15, 0.2) is 11.5 Å². The summed E-state index contributed by atoms with van der Waals surface area (Å²) in [6, 6.07) is 14.4. The van der Waals surface area contributed by atoms with E-state index in [-0.39, 0.29) is 11.5 Å². The molecule has 0 unspecified atom stereocenters. The molecule has 0 bridgehead atoms. The maximum atomic E-state index is 11.1. The minimum Gasteiger partial charge on any atom is -0.493 e. The molecule has 8 nitrogen and oxygen atoms in total. The number of benzene rings is 2. The number of aromatic nitrogens is 1. The molecule has 0 saturated heterocycles. The van der Waals surface area contributed by atoms with E-state index in [1.165, 1.54) is 24.5 Å². The molecule has 0 spiro atoms. The lowest BCUT2D eigenvalue weighted by Crippen LogP contribution is -2.03. The summed E-state index contributed by atoms with van der Waals surface area (Å²) in [6.45, 7) is 4.20. The molecular weight excluding hydrogens is 476 g/mol. The van der Waals surface area contributed by atoms with Gasteiger partial charge in [-0.2, -0.15) is 5.10 Å². The summed E-state index contributed by atoms with van der Waals surface area (Å²) in [5.41, 5.74) is 5.08. The van der Waals surface area contributed by atoms with Crippen LogP contribution in [0.5, 0.6) is 11.5 Å². The van der Waals surface area contributed by atoms with E-state index in [4.69, 9.17) is 9.47 Å². The minimum absolute atomic E-state index is 0.0569. The van der Waals surface area contributed by atoms with E-state index in [0.29, 0.717) is 24.5 Å². The third kappa shape index (κ3) is 5.92. The number of allylic oxidation sites excluding steroid dienone is 1. The molecule has 9 heteroatoms. The van der Waals surface area contributed by atoms with Crippen molar-refractivity contribution in [3.63, 3.8) is 0 Å². The number of pyridine rings is 1. The van der Waals surface area contributed by atoms with Crippen LogP contribution in [0.1, 0.15) is 16.7 Å². The highest BCUT2D eigenvalue weighted by Crippen LogP contribution is 2.34. The quantitative estimate of drug-likeness (QED) is 0.172. The highest BCUT2D eigenvalue weighted by Gasteiger charge is 2.14. The molecule has 164 valence electrons. The maximum absolute atomic E-state index is 11.1. The van der Waals surface area contributed by atoms with Gasteiger partial charge >= 0.3 is 5.69 Å². The number of methoxy groups -OCH3 is 1. The Kier molecular flexibility index (Phi) is 7.93. The zero-order valence-electron chi connectivity index (χ0n) is 17.3. The summed E-state index contributed by atoms with van der Waals surface area (Å²) >= 11 is 3.42. The van der Waals surface area contributed by atoms with E-state index in [1.54, 1.807) is 19.3 Å². The second-order valence-electron chi connectivity index (χ2n) is 6.62. The SMILES string of the molecule is C=CCc1cc(/C=N/Nc2ncccc2[N+](=O)[O-])cc(OC)c1OCc1ccc(Br)cc1. The molecule has 0 aliphatic carbocycles. The van der Waals surface area contributed by atoms with Gasteiger partial charge in [0.25, 0.3) is 0 Å². The first-order valence-corrected chi connectivity index (χ1v) is 10.4. The van der Waals surface area contributed by atoms with Gasteiger partial charge < -0.3 is 9.47 Å². The topological polar surface area (TPSA) is 98.9 Å². The number of hydrogen-bond acceptors (Lipinski definition) is 7. The second-order valence-corrected chi connectivity index (χ2v) is 7.53. The van der Waals surface area contributed by atoms with Crippen LogP contribution in [0.2, 0.25) is 0 Å². The number of nitrogens with zero attached hydrogens (tertiary/aromatic N) is 3. The van der Waals surface area contributed by atoms with Crippen molar-refractivity contribution in [1.82, 2.24) is 4.98 Å². The molecule has 0 fully saturated rings. The van der Waals surface area contributed by atoms with Gasteiger partial charge in [0.05, 0.1) is 18.2 Å². The Labute approximate surface area is 193 Å². The molecule has 0 aliphatic rings. The zero-order chi connectivity index (χ0) is 22.9. The molecule has 0 atom stereocenters. The summed E-state index contributed by atoms with van der Waals surface area (Å²) in [5, 5.41) is 15.2. The summed E-state index contributed by atoms with van der Waals surface area (Å²) in [6.07, 6.45) is 5.32. The number of hydrazone groups is 1. The van der Waals surface area contributed by atoms with Gasteiger partial charge in [0, 0.05) is 22.3 Å². The summed E-state index contributed by atoms with van der Waals surface area (Å²) in [4.78, 5) is 14.5. The van der Waals surface area contributed by atoms with Crippen molar-refractivity contribution in [2.45, 2.75) is 13.0 Å². The first-order valence-electron chi connectivity index (χ1n) is 9.59. The zero-order valence-corrected chi connectivity index (χ0v) is 18.9. The third-order valence-corrected chi connectivity index (χ3v) is 4.93. The number of anilines is 1. The fraction of sp³-hybridized carbons (Fsp3) is 0.130. The van der Waals surface area contributed by atoms with Gasteiger partial charge in [0.2, 0.25) is 5.82 Å². The van der Waals surface area contributed by atoms with E-state index >= 15 is 0 Å². The lowest BCUT2D eigenvalue weighted by molar-refractivity contribution is -0.384. The molecule has 3 rings (SSSR count). The average molecular weight is 497 g/mol. The molecule has 3 aromatic rings. The van der Waals surface area contributed by atoms with Crippen LogP contribution in [0.25, 0.3) is 0 Å². The fourth-order valence-corrected chi connectivity index (χ4v) is 3.18. The Morgan fingerprint density at radius 2 is 2.06 bits per heavy atom. The van der Waals surface area contributed by atoms with Crippen LogP contribution < -0.4 is 14.9 Å². The number of halogens is 1. The Hall–Kier alpha value is -3.72. The molecule has 1 N–H and O–H groups in total. The lowest BCUT2D eigenvalue weighted by Gasteiger charge is -2.16. The van der Waals surface area contributed by atoms with Crippen molar-refractivity contribution in [2.24, 2.45) is 5.10 Å². The van der Waals surface area contributed by atoms with Crippen LogP contribution in [-0.4, -0.2) is 23.2 Å². The minimum atomic E-state index is -0.520. The van der Waals surface area contributed by atoms with Gasteiger partial charge in [-0.3, -0.25) is 15.5 Å². The van der Waals surface area contributed by atoms with Gasteiger partial charge in [0.1, 0.15) is 6.61 Å². The first kappa shape index (κ1) is 23.0. The van der Waals surface area contributed by atoms with Crippen LogP contribution in [0, 0.1) is 10.1 Å². The van der Waals surface area contributed by atoms with E-state index in [0.717, 1.165) is 21.2 Å². The molecule has 32 heavy (non-hydrogen) atoms. The molecule has 1 aromatic heterocycles. The fourth-order valence-electron chi connectivity index (χ4n) is 2.92. The van der Waals surface area contributed by atoms with E-state index < -0.39 is 4.92 Å². The van der Waals surface area contributed by atoms with Crippen molar-refractivity contribution in [2.75, 3.05) is 12.5 Å². The first-order chi connectivity index (χ1) is 15.5. The summed E-state index contributed by atoms with van der Waals surface area (Å²) in [5.74, 6) is 1.23. The van der Waals surface area contributed by atoms with E-state index in [1.807, 2.05) is 30.3 Å². The number of ether oxygens (including phenoxy) is 2. The third-order valence-electron chi connectivity index (χ3n) is 4.40. The van der Waals surface area contributed by atoms with Crippen LogP contribution >= 0.6 is 15.9 Å². The van der Waals surface area contributed by atoms with Gasteiger partial charge in [-0.05, 0) is 47.9 Å². The summed E-state index contributed by atoms with van der Waals surface area (Å²) < 4.78 is 12.6. The van der Waals surface area contributed by atoms with Crippen LogP contribution in [0.4, 0.5) is 11.5 Å². The number of rotatable bonds is 10. The van der Waals surface area contributed by atoms with Crippen molar-refractivity contribution < 1.29 is 14.4 Å². The molecular formula is C23H21BrN4O4. The summed E-state index contributed by atoms with van der Waals surface area (Å²) in [7, 11) is 1.57. The smallest absolute Gasteiger partial charge is 0.313 e. The highest BCUT2D eigenvalue weighted by atomic mass is 79.9. The lowest BCUT2D eigenvalue weighted by atomic mass is 10.1. The van der Waals surface area contributed by atoms with Crippen molar-refractivity contribution in [3.05, 3.63) is 98.7 Å². The van der Waals surface area contributed by atoms with Crippen LogP contribution in [-0.2, 0) is 13.0 Å². The van der Waals surface area contributed by atoms with Gasteiger partial charge in [-0.1, -0.05) is 34.1 Å². The number of nitro groups is 1. The molecule has 0 saturated carbocycles. The van der Waals surface area contributed by atoms with Crippen LogP contribution in [0.15, 0.2) is 77.0 Å². The molecule has 0 amide bonds. The van der Waals surface area contributed by atoms with Crippen molar-refractivity contribution in [3.8, 4) is 11.5 Å². The average Bonchev–Trinajstić information content (AvgIpc) is 2.79. The Morgan fingerprint density at radius 1 is 1.28 bits per heavy atom. The standard InChI is InChI=1S/C23H21BrN4O4/c1-3-5-18-12-17(14-26-27-23-20(28(29)30)6-4-11-25-23)13-21(31-2)22(18)32-15-16-7-9-19(24)10-8-16/h3-4,6-14H,1,5,15H2,2H3,(H,25,27)/b26-14+. The molecule has 2 aromatic carbocycles. The number of nitrogens with one attached hydrogen (secondary N) is 1. The highest BCUT2D eigenvalue weighted by molar-refractivity contribution is 9.10. The Morgan fingerprint density at radius 3 is 2.75 bits per heavy atom. The van der Waals surface area contributed by atoms with Crippen molar-refractivity contribution in [1.29, 1.82) is 0 Å². The number of hydrogen-bond donors (Lipinski definition) is 1. The normalized spacial score (nSPS) is 10.7. The molecule has 0 radical (unpaired) electrons. The second kappa shape index (κ2) is 11.1. The Bertz CT molecular complexity index is 1130. The largest absolute Gasteiger partial charge is 0.493 e. The maximum Gasteiger partial charge on any atom is 0.313 e. The van der Waals surface area contributed by atoms with Gasteiger partial charge in [-0.25, -0.2) is 4.98 Å². The van der Waals surface area contributed by atoms with Gasteiger partial charge in [-0.15, -0.1) is 6.58 Å². The monoisotopic (exact) mass is 496 g/mol. The molecule has 1 heterocycles.